The number of amides is 1. The fourth-order valence-corrected chi connectivity index (χ4v) is 2.67. The molecule has 0 aliphatic rings. The summed E-state index contributed by atoms with van der Waals surface area (Å²) < 4.78 is 0. The normalized spacial score (nSPS) is 11.2. The Balaban J connectivity index is 1.82. The van der Waals surface area contributed by atoms with Gasteiger partial charge in [0.25, 0.3) is 0 Å². The third-order valence-electron chi connectivity index (χ3n) is 3.15. The summed E-state index contributed by atoms with van der Waals surface area (Å²) in [6.07, 6.45) is 4.88. The molecule has 1 N–H and O–H groups in total. The van der Waals surface area contributed by atoms with Gasteiger partial charge in [0, 0.05) is 27.6 Å². The van der Waals surface area contributed by atoms with Gasteiger partial charge in [-0.05, 0) is 36.8 Å². The van der Waals surface area contributed by atoms with Gasteiger partial charge in [0.2, 0.25) is 5.91 Å². The molecule has 4 nitrogen and oxygen atoms in total. The lowest BCUT2D eigenvalue weighted by Crippen LogP contribution is -2.09. The van der Waals surface area contributed by atoms with Gasteiger partial charge in [-0.15, -0.1) is 11.3 Å². The van der Waals surface area contributed by atoms with Crippen LogP contribution >= 0.6 is 22.9 Å². The zero-order valence-electron chi connectivity index (χ0n) is 11.7. The average molecular weight is 330 g/mol. The highest BCUT2D eigenvalue weighted by Gasteiger charge is 2.06. The number of benzene rings is 1. The number of halogens is 1. The van der Waals surface area contributed by atoms with E-state index in [9.17, 15) is 4.79 Å². The van der Waals surface area contributed by atoms with Gasteiger partial charge in [0.05, 0.1) is 11.0 Å². The van der Waals surface area contributed by atoms with Crippen molar-refractivity contribution < 1.29 is 4.79 Å². The van der Waals surface area contributed by atoms with E-state index in [2.05, 4.69) is 15.3 Å². The number of aryl methyl sites for hydroxylation is 1. The number of nitrogens with zero attached hydrogens (tertiary/aromatic N) is 2. The predicted molar refractivity (Wildman–Crippen MR) is 91.3 cm³/mol. The Morgan fingerprint density at radius 3 is 2.91 bits per heavy atom. The van der Waals surface area contributed by atoms with E-state index in [1.165, 1.54) is 17.4 Å². The van der Waals surface area contributed by atoms with Crippen LogP contribution in [-0.4, -0.2) is 15.9 Å². The van der Waals surface area contributed by atoms with E-state index in [1.807, 2.05) is 25.1 Å². The Hall–Kier alpha value is -2.24. The van der Waals surface area contributed by atoms with Crippen LogP contribution in [0.5, 0.6) is 0 Å². The van der Waals surface area contributed by atoms with Crippen LogP contribution in [0.2, 0.25) is 5.02 Å². The molecule has 0 fully saturated rings. The van der Waals surface area contributed by atoms with Gasteiger partial charge in [-0.3, -0.25) is 9.78 Å². The van der Waals surface area contributed by atoms with Crippen molar-refractivity contribution in [3.8, 4) is 0 Å². The number of anilines is 1. The molecule has 1 amide bonds. The summed E-state index contributed by atoms with van der Waals surface area (Å²) >= 11 is 7.58. The Labute approximate surface area is 136 Å². The van der Waals surface area contributed by atoms with Crippen molar-refractivity contribution in [3.05, 3.63) is 57.5 Å². The van der Waals surface area contributed by atoms with Crippen molar-refractivity contribution in [2.24, 2.45) is 0 Å². The van der Waals surface area contributed by atoms with Gasteiger partial charge in [0.1, 0.15) is 5.82 Å². The quantitative estimate of drug-likeness (QED) is 0.729. The average Bonchev–Trinajstić information content (AvgIpc) is 3.03. The summed E-state index contributed by atoms with van der Waals surface area (Å²) in [6.45, 7) is 1.91. The number of thiazole rings is 1. The minimum Gasteiger partial charge on any atom is -0.307 e. The van der Waals surface area contributed by atoms with E-state index in [4.69, 9.17) is 11.6 Å². The molecule has 2 aromatic heterocycles. The molecular formula is C16H12ClN3OS. The largest absolute Gasteiger partial charge is 0.307 e. The highest BCUT2D eigenvalue weighted by molar-refractivity contribution is 7.10. The van der Waals surface area contributed by atoms with E-state index in [0.717, 1.165) is 21.3 Å². The van der Waals surface area contributed by atoms with Crippen LogP contribution in [0.15, 0.2) is 42.0 Å². The second-order valence-corrected chi connectivity index (χ2v) is 5.99. The van der Waals surface area contributed by atoms with Crippen LogP contribution in [0.1, 0.15) is 10.4 Å². The summed E-state index contributed by atoms with van der Waals surface area (Å²) in [5.74, 6) is 0.261. The van der Waals surface area contributed by atoms with Crippen molar-refractivity contribution in [2.45, 2.75) is 6.92 Å². The predicted octanol–water partition coefficient (Wildman–Crippen LogP) is 4.31. The van der Waals surface area contributed by atoms with Crippen LogP contribution in [-0.2, 0) is 4.79 Å². The number of rotatable bonds is 3. The minimum absolute atomic E-state index is 0.236. The summed E-state index contributed by atoms with van der Waals surface area (Å²) in [5, 5.41) is 4.39. The molecule has 1 aromatic carbocycles. The Bertz CT molecular complexity index is 859. The summed E-state index contributed by atoms with van der Waals surface area (Å²) in [4.78, 5) is 21.2. The van der Waals surface area contributed by atoms with Crippen molar-refractivity contribution >= 4 is 51.6 Å². The van der Waals surface area contributed by atoms with E-state index in [1.54, 1.807) is 23.8 Å². The molecule has 0 atom stereocenters. The van der Waals surface area contributed by atoms with Crippen LogP contribution in [0.25, 0.3) is 17.0 Å². The first kappa shape index (κ1) is 14.7. The zero-order chi connectivity index (χ0) is 15.5. The molecule has 0 saturated carbocycles. The third kappa shape index (κ3) is 3.16. The maximum Gasteiger partial charge on any atom is 0.249 e. The highest BCUT2D eigenvalue weighted by atomic mass is 35.5. The number of aromatic nitrogens is 2. The Morgan fingerprint density at radius 2 is 2.14 bits per heavy atom. The van der Waals surface area contributed by atoms with Gasteiger partial charge in [-0.2, -0.15) is 0 Å². The maximum atomic E-state index is 11.9. The molecule has 0 saturated heterocycles. The number of carbonyl (C=O) groups is 1. The fraction of sp³-hybridized carbons (Fsp3) is 0.0625. The van der Waals surface area contributed by atoms with Gasteiger partial charge >= 0.3 is 0 Å². The number of hydrogen-bond acceptors (Lipinski definition) is 4. The van der Waals surface area contributed by atoms with E-state index in [0.29, 0.717) is 10.8 Å². The number of hydrogen-bond donors (Lipinski definition) is 1. The molecule has 0 radical (unpaired) electrons. The number of pyridine rings is 1. The molecule has 6 heteroatoms. The maximum absolute atomic E-state index is 11.9. The molecule has 0 aliphatic heterocycles. The minimum atomic E-state index is -0.236. The van der Waals surface area contributed by atoms with Crippen LogP contribution in [0.3, 0.4) is 0 Å². The van der Waals surface area contributed by atoms with Crippen molar-refractivity contribution in [3.63, 3.8) is 0 Å². The van der Waals surface area contributed by atoms with Crippen LogP contribution in [0.4, 0.5) is 5.82 Å². The molecular weight excluding hydrogens is 318 g/mol. The molecule has 2 heterocycles. The topological polar surface area (TPSA) is 54.9 Å². The second-order valence-electron chi connectivity index (χ2n) is 4.67. The molecule has 110 valence electrons. The lowest BCUT2D eigenvalue weighted by molar-refractivity contribution is -0.111. The first-order valence-corrected chi connectivity index (χ1v) is 7.82. The van der Waals surface area contributed by atoms with Crippen molar-refractivity contribution in [1.29, 1.82) is 0 Å². The first-order chi connectivity index (χ1) is 10.6. The first-order valence-electron chi connectivity index (χ1n) is 6.57. The molecule has 0 aliphatic carbocycles. The molecule has 0 spiro atoms. The monoisotopic (exact) mass is 329 g/mol. The van der Waals surface area contributed by atoms with E-state index >= 15 is 0 Å². The standard InChI is InChI=1S/C16H12ClN3OS/c1-10-13(17)5-2-11-3-6-14(20-16(10)11)19-15(21)7-4-12-8-18-9-22-12/h2-9H,1H3,(H,19,20,21)/b7-4+. The SMILES string of the molecule is Cc1c(Cl)ccc2ccc(NC(=O)/C=C/c3cncs3)nc12. The van der Waals surface area contributed by atoms with Gasteiger partial charge < -0.3 is 5.32 Å². The fourth-order valence-electron chi connectivity index (χ4n) is 2.01. The molecule has 3 rings (SSSR count). The van der Waals surface area contributed by atoms with Gasteiger partial charge in [-0.25, -0.2) is 4.98 Å². The van der Waals surface area contributed by atoms with Gasteiger partial charge in [-0.1, -0.05) is 17.7 Å². The van der Waals surface area contributed by atoms with Gasteiger partial charge in [0.15, 0.2) is 0 Å². The second kappa shape index (κ2) is 6.25. The smallest absolute Gasteiger partial charge is 0.249 e. The third-order valence-corrected chi connectivity index (χ3v) is 4.30. The molecule has 0 unspecified atom stereocenters. The Kier molecular flexibility index (Phi) is 4.18. The number of fused-ring (bicyclic) bond motifs is 1. The molecule has 22 heavy (non-hydrogen) atoms. The Morgan fingerprint density at radius 1 is 1.32 bits per heavy atom. The summed E-state index contributed by atoms with van der Waals surface area (Å²) in [6, 6.07) is 7.44. The van der Waals surface area contributed by atoms with Crippen LogP contribution < -0.4 is 5.32 Å². The lowest BCUT2D eigenvalue weighted by atomic mass is 10.1. The zero-order valence-corrected chi connectivity index (χ0v) is 13.3. The van der Waals surface area contributed by atoms with Crippen LogP contribution in [0, 0.1) is 6.92 Å². The van der Waals surface area contributed by atoms with E-state index in [-0.39, 0.29) is 5.91 Å². The summed E-state index contributed by atoms with van der Waals surface area (Å²) in [7, 11) is 0. The lowest BCUT2D eigenvalue weighted by Gasteiger charge is -2.06. The molecule has 3 aromatic rings. The van der Waals surface area contributed by atoms with E-state index < -0.39 is 0 Å². The number of nitrogens with one attached hydrogen (secondary N) is 1. The molecule has 0 bridgehead atoms. The summed E-state index contributed by atoms with van der Waals surface area (Å²) in [5.41, 5.74) is 3.40. The highest BCUT2D eigenvalue weighted by Crippen LogP contribution is 2.25. The number of carbonyl (C=O) groups excluding carboxylic acids is 1. The van der Waals surface area contributed by atoms with Crippen molar-refractivity contribution in [2.75, 3.05) is 5.32 Å². The van der Waals surface area contributed by atoms with Crippen molar-refractivity contribution in [1.82, 2.24) is 9.97 Å².